The number of imidazole rings is 1. The van der Waals surface area contributed by atoms with Crippen LogP contribution in [0.1, 0.15) is 60.8 Å². The van der Waals surface area contributed by atoms with Gasteiger partial charge in [-0.05, 0) is 57.8 Å². The summed E-state index contributed by atoms with van der Waals surface area (Å²) in [7, 11) is 0. The Labute approximate surface area is 159 Å². The normalized spacial score (nSPS) is 19.0. The van der Waals surface area contributed by atoms with Gasteiger partial charge in [-0.1, -0.05) is 0 Å². The number of nitrogens with zero attached hydrogens (tertiary/aromatic N) is 6. The first-order valence-electron chi connectivity index (χ1n) is 9.93. The Morgan fingerprint density at radius 3 is 2.59 bits per heavy atom. The smallest absolute Gasteiger partial charge is 0.153 e. The van der Waals surface area contributed by atoms with Crippen molar-refractivity contribution in [2.24, 2.45) is 0 Å². The van der Waals surface area contributed by atoms with Crippen molar-refractivity contribution in [2.45, 2.75) is 57.7 Å². The third-order valence-corrected chi connectivity index (χ3v) is 5.72. The van der Waals surface area contributed by atoms with Crippen molar-refractivity contribution in [2.75, 3.05) is 13.1 Å². The molecule has 2 fully saturated rings. The van der Waals surface area contributed by atoms with Gasteiger partial charge in [0, 0.05) is 24.4 Å². The average molecular weight is 366 g/mol. The molecular weight excluding hydrogens is 340 g/mol. The maximum Gasteiger partial charge on any atom is 0.153 e. The third-order valence-electron chi connectivity index (χ3n) is 5.72. The number of furan rings is 1. The van der Waals surface area contributed by atoms with Crippen LogP contribution in [-0.2, 0) is 13.1 Å². The van der Waals surface area contributed by atoms with Crippen molar-refractivity contribution in [3.63, 3.8) is 0 Å². The minimum atomic E-state index is 0.504. The molecular formula is C20H26N6O. The van der Waals surface area contributed by atoms with Crippen molar-refractivity contribution < 1.29 is 4.42 Å². The molecule has 0 radical (unpaired) electrons. The van der Waals surface area contributed by atoms with Gasteiger partial charge in [-0.3, -0.25) is 4.90 Å². The van der Waals surface area contributed by atoms with Gasteiger partial charge >= 0.3 is 0 Å². The van der Waals surface area contributed by atoms with E-state index >= 15 is 0 Å². The minimum absolute atomic E-state index is 0.504. The highest BCUT2D eigenvalue weighted by Crippen LogP contribution is 2.40. The topological polar surface area (TPSA) is 64.9 Å². The van der Waals surface area contributed by atoms with Crippen LogP contribution < -0.4 is 0 Å². The van der Waals surface area contributed by atoms with Crippen LogP contribution in [0.3, 0.4) is 0 Å². The average Bonchev–Trinajstić information content (AvgIpc) is 3.05. The number of rotatable bonds is 6. The van der Waals surface area contributed by atoms with Gasteiger partial charge < -0.3 is 13.6 Å². The molecule has 0 atom stereocenters. The molecule has 2 aliphatic rings. The summed E-state index contributed by atoms with van der Waals surface area (Å²) in [5, 5.41) is 9.19. The lowest BCUT2D eigenvalue weighted by molar-refractivity contribution is 0.186. The van der Waals surface area contributed by atoms with Crippen LogP contribution in [-0.4, -0.2) is 42.3 Å². The second-order valence-electron chi connectivity index (χ2n) is 7.87. The van der Waals surface area contributed by atoms with Crippen molar-refractivity contribution >= 4 is 0 Å². The number of piperidine rings is 1. The van der Waals surface area contributed by atoms with Crippen LogP contribution in [0.2, 0.25) is 0 Å². The Morgan fingerprint density at radius 2 is 1.93 bits per heavy atom. The third kappa shape index (κ3) is 3.56. The summed E-state index contributed by atoms with van der Waals surface area (Å²) < 4.78 is 10.2. The van der Waals surface area contributed by atoms with E-state index in [2.05, 4.69) is 35.3 Å². The van der Waals surface area contributed by atoms with E-state index in [0.29, 0.717) is 12.0 Å². The molecule has 3 aromatic rings. The molecule has 27 heavy (non-hydrogen) atoms. The summed E-state index contributed by atoms with van der Waals surface area (Å²) in [6.45, 7) is 5.82. The first-order chi connectivity index (χ1) is 13.3. The van der Waals surface area contributed by atoms with Crippen molar-refractivity contribution in [3.05, 3.63) is 54.0 Å². The molecule has 3 aromatic heterocycles. The summed E-state index contributed by atoms with van der Waals surface area (Å²) >= 11 is 0. The number of likely N-dealkylation sites (tertiary alicyclic amines) is 1. The summed E-state index contributed by atoms with van der Waals surface area (Å²) in [5.74, 6) is 4.82. The minimum Gasteiger partial charge on any atom is -0.465 e. The standard InChI is InChI=1S/C20H26N6O/c1-15-2-5-18(27-15)12-24-9-6-16(7-10-24)20-23-22-19(26(20)17-3-4-17)13-25-11-8-21-14-25/h2,5,8,11,14,16-17H,3-4,6-7,9-10,12-13H2,1H3. The molecule has 0 spiro atoms. The number of aromatic nitrogens is 5. The molecule has 0 N–H and O–H groups in total. The van der Waals surface area contributed by atoms with E-state index in [1.165, 1.54) is 18.7 Å². The van der Waals surface area contributed by atoms with Crippen molar-refractivity contribution in [1.29, 1.82) is 0 Å². The summed E-state index contributed by atoms with van der Waals surface area (Å²) in [6.07, 6.45) is 10.4. The molecule has 7 heteroatoms. The molecule has 0 unspecified atom stereocenters. The summed E-state index contributed by atoms with van der Waals surface area (Å²) in [5.41, 5.74) is 0. The second-order valence-corrected chi connectivity index (χ2v) is 7.87. The van der Waals surface area contributed by atoms with Gasteiger partial charge in [-0.25, -0.2) is 4.98 Å². The molecule has 1 saturated carbocycles. The first kappa shape index (κ1) is 16.7. The lowest BCUT2D eigenvalue weighted by Crippen LogP contribution is -2.33. The van der Waals surface area contributed by atoms with Crippen LogP contribution >= 0.6 is 0 Å². The predicted octanol–water partition coefficient (Wildman–Crippen LogP) is 3.14. The van der Waals surface area contributed by atoms with E-state index in [9.17, 15) is 0 Å². The van der Waals surface area contributed by atoms with Gasteiger partial charge in [0.15, 0.2) is 5.82 Å². The molecule has 5 rings (SSSR count). The maximum atomic E-state index is 5.73. The molecule has 0 amide bonds. The SMILES string of the molecule is Cc1ccc(CN2CCC(c3nnc(Cn4ccnc4)n3C3CC3)CC2)o1. The molecule has 0 aromatic carbocycles. The number of hydrogen-bond acceptors (Lipinski definition) is 5. The van der Waals surface area contributed by atoms with E-state index in [1.54, 1.807) is 0 Å². The highest BCUT2D eigenvalue weighted by atomic mass is 16.3. The fourth-order valence-electron chi connectivity index (χ4n) is 4.14. The largest absolute Gasteiger partial charge is 0.465 e. The van der Waals surface area contributed by atoms with Crippen LogP contribution in [0, 0.1) is 6.92 Å². The van der Waals surface area contributed by atoms with Crippen LogP contribution in [0.5, 0.6) is 0 Å². The molecule has 1 aliphatic carbocycles. The number of hydrogen-bond donors (Lipinski definition) is 0. The van der Waals surface area contributed by atoms with E-state index in [-0.39, 0.29) is 0 Å². The Kier molecular flexibility index (Phi) is 4.32. The monoisotopic (exact) mass is 366 g/mol. The zero-order valence-electron chi connectivity index (χ0n) is 15.8. The maximum absolute atomic E-state index is 5.73. The summed E-state index contributed by atoms with van der Waals surface area (Å²) in [6, 6.07) is 4.73. The molecule has 1 saturated heterocycles. The van der Waals surface area contributed by atoms with Crippen molar-refractivity contribution in [1.82, 2.24) is 29.2 Å². The van der Waals surface area contributed by atoms with Crippen LogP contribution in [0.15, 0.2) is 35.3 Å². The number of aryl methyl sites for hydroxylation is 1. The van der Waals surface area contributed by atoms with E-state index in [0.717, 1.165) is 56.4 Å². The fraction of sp³-hybridized carbons (Fsp3) is 0.550. The van der Waals surface area contributed by atoms with E-state index < -0.39 is 0 Å². The van der Waals surface area contributed by atoms with Crippen LogP contribution in [0.4, 0.5) is 0 Å². The highest BCUT2D eigenvalue weighted by molar-refractivity contribution is 5.10. The summed E-state index contributed by atoms with van der Waals surface area (Å²) in [4.78, 5) is 6.63. The zero-order chi connectivity index (χ0) is 18.2. The van der Waals surface area contributed by atoms with Crippen molar-refractivity contribution in [3.8, 4) is 0 Å². The quantitative estimate of drug-likeness (QED) is 0.671. The molecule has 4 heterocycles. The van der Waals surface area contributed by atoms with Gasteiger partial charge in [0.25, 0.3) is 0 Å². The molecule has 0 bridgehead atoms. The first-order valence-corrected chi connectivity index (χ1v) is 9.93. The van der Waals surface area contributed by atoms with Gasteiger partial charge in [-0.2, -0.15) is 0 Å². The van der Waals surface area contributed by atoms with Gasteiger partial charge in [0.2, 0.25) is 0 Å². The van der Waals surface area contributed by atoms with Gasteiger partial charge in [0.05, 0.1) is 19.4 Å². The van der Waals surface area contributed by atoms with E-state index in [4.69, 9.17) is 4.42 Å². The fourth-order valence-corrected chi connectivity index (χ4v) is 4.14. The van der Waals surface area contributed by atoms with Gasteiger partial charge in [0.1, 0.15) is 17.3 Å². The molecule has 142 valence electrons. The second kappa shape index (κ2) is 6.96. The lowest BCUT2D eigenvalue weighted by atomic mass is 9.95. The Hall–Kier alpha value is -2.41. The van der Waals surface area contributed by atoms with Gasteiger partial charge in [-0.15, -0.1) is 10.2 Å². The highest BCUT2D eigenvalue weighted by Gasteiger charge is 2.33. The predicted molar refractivity (Wildman–Crippen MR) is 100 cm³/mol. The Balaban J connectivity index is 1.27. The van der Waals surface area contributed by atoms with Crippen LogP contribution in [0.25, 0.3) is 0 Å². The lowest BCUT2D eigenvalue weighted by Gasteiger charge is -2.31. The Morgan fingerprint density at radius 1 is 1.07 bits per heavy atom. The molecule has 1 aliphatic heterocycles. The Bertz CT molecular complexity index is 884. The van der Waals surface area contributed by atoms with E-state index in [1.807, 2.05) is 31.7 Å². The zero-order valence-corrected chi connectivity index (χ0v) is 15.8. The molecule has 7 nitrogen and oxygen atoms in total.